The van der Waals surface area contributed by atoms with Gasteiger partial charge >= 0.3 is 6.09 Å². The number of amides is 1. The highest BCUT2D eigenvalue weighted by molar-refractivity contribution is 7.15. The summed E-state index contributed by atoms with van der Waals surface area (Å²) in [5.41, 5.74) is 3.66. The molecule has 0 unspecified atom stereocenters. The van der Waals surface area contributed by atoms with Crippen molar-refractivity contribution >= 4 is 28.3 Å². The highest BCUT2D eigenvalue weighted by atomic mass is 32.1. The summed E-state index contributed by atoms with van der Waals surface area (Å²) in [5.74, 6) is 0.446. The molecule has 0 saturated carbocycles. The van der Waals surface area contributed by atoms with Crippen LogP contribution in [-0.2, 0) is 0 Å². The summed E-state index contributed by atoms with van der Waals surface area (Å²) in [4.78, 5) is 27.4. The van der Waals surface area contributed by atoms with E-state index in [2.05, 4.69) is 16.4 Å². The molecule has 1 saturated heterocycles. The van der Waals surface area contributed by atoms with Crippen molar-refractivity contribution in [2.24, 2.45) is 0 Å². The molecule has 1 atom stereocenters. The Morgan fingerprint density at radius 3 is 3.06 bits per heavy atom. The van der Waals surface area contributed by atoms with Crippen LogP contribution in [0.4, 0.5) is 10.7 Å². The zero-order valence-corrected chi connectivity index (χ0v) is 17.8. The molecule has 4 heterocycles. The molecular weight excluding hydrogens is 426 g/mol. The lowest BCUT2D eigenvalue weighted by Crippen LogP contribution is -2.44. The minimum atomic E-state index is -0.908. The fourth-order valence-corrected chi connectivity index (χ4v) is 4.69. The highest BCUT2D eigenvalue weighted by Gasteiger charge is 2.24. The Morgan fingerprint density at radius 2 is 2.22 bits per heavy atom. The van der Waals surface area contributed by atoms with Crippen LogP contribution < -0.4 is 5.32 Å². The Morgan fingerprint density at radius 1 is 1.31 bits per heavy atom. The second-order valence-corrected chi connectivity index (χ2v) is 8.41. The van der Waals surface area contributed by atoms with Crippen LogP contribution in [0.2, 0.25) is 0 Å². The van der Waals surface area contributed by atoms with E-state index in [0.717, 1.165) is 34.8 Å². The van der Waals surface area contributed by atoms with Gasteiger partial charge in [0, 0.05) is 42.5 Å². The predicted octanol–water partition coefficient (Wildman–Crippen LogP) is 3.95. The predicted molar refractivity (Wildman–Crippen MR) is 120 cm³/mol. The minimum Gasteiger partial charge on any atom is -0.465 e. The van der Waals surface area contributed by atoms with Gasteiger partial charge in [0.2, 0.25) is 5.95 Å². The molecule has 1 aliphatic heterocycles. The minimum absolute atomic E-state index is 0.0477. The maximum Gasteiger partial charge on any atom is 0.407 e. The average molecular weight is 446 g/mol. The number of aromatic nitrogens is 4. The fourth-order valence-electron chi connectivity index (χ4n) is 3.98. The number of hydrogen-bond donors (Lipinski definition) is 2. The second kappa shape index (κ2) is 8.28. The lowest BCUT2D eigenvalue weighted by atomic mass is 10.1. The number of piperidine rings is 1. The molecule has 9 nitrogen and oxygen atoms in total. The van der Waals surface area contributed by atoms with Crippen molar-refractivity contribution < 1.29 is 9.90 Å². The molecule has 3 aromatic heterocycles. The number of anilines is 1. The highest BCUT2D eigenvalue weighted by Crippen LogP contribution is 2.34. The number of nitriles is 1. The molecule has 1 aliphatic rings. The maximum absolute atomic E-state index is 11.3. The molecule has 0 radical (unpaired) electrons. The molecule has 0 spiro atoms. The Labute approximate surface area is 187 Å². The first kappa shape index (κ1) is 20.0. The lowest BCUT2D eigenvalue weighted by molar-refractivity contribution is 0.132. The molecule has 2 N–H and O–H groups in total. The van der Waals surface area contributed by atoms with Gasteiger partial charge in [-0.25, -0.2) is 19.7 Å². The topological polar surface area (TPSA) is 119 Å². The van der Waals surface area contributed by atoms with Crippen molar-refractivity contribution in [1.29, 1.82) is 5.26 Å². The lowest BCUT2D eigenvalue weighted by Gasteiger charge is -2.31. The molecule has 0 bridgehead atoms. The number of nitrogens with zero attached hydrogens (tertiary/aromatic N) is 6. The molecular formula is C22H19N7O2S. The fraction of sp³-hybridized carbons (Fsp3) is 0.227. The van der Waals surface area contributed by atoms with Gasteiger partial charge in [0.15, 0.2) is 4.96 Å². The van der Waals surface area contributed by atoms with Crippen LogP contribution in [0.1, 0.15) is 18.4 Å². The zero-order chi connectivity index (χ0) is 22.1. The smallest absolute Gasteiger partial charge is 0.407 e. The van der Waals surface area contributed by atoms with Crippen LogP contribution >= 0.6 is 11.3 Å². The van der Waals surface area contributed by atoms with Gasteiger partial charge in [0.1, 0.15) is 5.69 Å². The maximum atomic E-state index is 11.3. The van der Waals surface area contributed by atoms with Gasteiger partial charge in [0.05, 0.1) is 23.0 Å². The SMILES string of the molecule is N#Cc1cccc(-c2nc3sccn3c2-c2ccnc(N[C@@H]3CCCN(C(=O)O)C3)n2)c1. The van der Waals surface area contributed by atoms with E-state index in [-0.39, 0.29) is 6.04 Å². The molecule has 160 valence electrons. The van der Waals surface area contributed by atoms with Gasteiger partial charge < -0.3 is 15.3 Å². The van der Waals surface area contributed by atoms with Gasteiger partial charge in [-0.3, -0.25) is 4.40 Å². The number of hydrogen-bond acceptors (Lipinski definition) is 7. The van der Waals surface area contributed by atoms with Gasteiger partial charge in [0.25, 0.3) is 0 Å². The van der Waals surface area contributed by atoms with E-state index in [4.69, 9.17) is 9.97 Å². The zero-order valence-electron chi connectivity index (χ0n) is 17.0. The Hall–Kier alpha value is -3.97. The third-order valence-corrected chi connectivity index (χ3v) is 6.21. The number of carboxylic acid groups (broad SMARTS) is 1. The van der Waals surface area contributed by atoms with Gasteiger partial charge in [-0.1, -0.05) is 12.1 Å². The monoisotopic (exact) mass is 445 g/mol. The van der Waals surface area contributed by atoms with E-state index in [9.17, 15) is 15.2 Å². The summed E-state index contributed by atoms with van der Waals surface area (Å²) in [7, 11) is 0. The van der Waals surface area contributed by atoms with Crippen LogP contribution in [0.3, 0.4) is 0 Å². The molecule has 1 fully saturated rings. The molecule has 0 aliphatic carbocycles. The van der Waals surface area contributed by atoms with Gasteiger partial charge in [-0.15, -0.1) is 11.3 Å². The number of thiazole rings is 1. The number of nitrogens with one attached hydrogen (secondary N) is 1. The van der Waals surface area contributed by atoms with E-state index in [0.29, 0.717) is 30.3 Å². The van der Waals surface area contributed by atoms with Crippen molar-refractivity contribution in [2.45, 2.75) is 18.9 Å². The third kappa shape index (κ3) is 3.74. The summed E-state index contributed by atoms with van der Waals surface area (Å²) >= 11 is 1.52. The number of likely N-dealkylation sites (tertiary alicyclic amines) is 1. The van der Waals surface area contributed by atoms with Crippen molar-refractivity contribution in [3.63, 3.8) is 0 Å². The molecule has 1 amide bonds. The van der Waals surface area contributed by atoms with Crippen molar-refractivity contribution in [1.82, 2.24) is 24.3 Å². The average Bonchev–Trinajstić information content (AvgIpc) is 3.41. The summed E-state index contributed by atoms with van der Waals surface area (Å²) in [6.45, 7) is 0.947. The van der Waals surface area contributed by atoms with Crippen molar-refractivity contribution in [3.8, 4) is 28.7 Å². The van der Waals surface area contributed by atoms with E-state index in [1.807, 2.05) is 40.2 Å². The largest absolute Gasteiger partial charge is 0.465 e. The van der Waals surface area contributed by atoms with E-state index in [1.54, 1.807) is 12.3 Å². The summed E-state index contributed by atoms with van der Waals surface area (Å²) in [6, 6.07) is 11.3. The van der Waals surface area contributed by atoms with E-state index >= 15 is 0 Å². The molecule has 10 heteroatoms. The Kier molecular flexibility index (Phi) is 5.17. The molecule has 32 heavy (non-hydrogen) atoms. The van der Waals surface area contributed by atoms with Crippen molar-refractivity contribution in [2.75, 3.05) is 18.4 Å². The Balaban J connectivity index is 1.52. The summed E-state index contributed by atoms with van der Waals surface area (Å²) < 4.78 is 1.98. The van der Waals surface area contributed by atoms with Crippen LogP contribution in [-0.4, -0.2) is 54.6 Å². The van der Waals surface area contributed by atoms with Crippen LogP contribution in [0.5, 0.6) is 0 Å². The quantitative estimate of drug-likeness (QED) is 0.488. The summed E-state index contributed by atoms with van der Waals surface area (Å²) in [5, 5.41) is 23.8. The standard InChI is InChI=1S/C22H19N7O2S/c23-12-14-3-1-4-15(11-14)18-19(29-9-10-32-21(29)27-18)17-6-7-24-20(26-17)25-16-5-2-8-28(13-16)22(30)31/h1,3-4,6-7,9-11,16H,2,5,8,13H2,(H,30,31)(H,24,25,26)/t16-/m1/s1. The van der Waals surface area contributed by atoms with E-state index in [1.165, 1.54) is 16.2 Å². The van der Waals surface area contributed by atoms with Crippen LogP contribution in [0.25, 0.3) is 27.6 Å². The molecule has 1 aromatic carbocycles. The number of carbonyl (C=O) groups is 1. The number of benzene rings is 1. The molecule has 5 rings (SSSR count). The summed E-state index contributed by atoms with van der Waals surface area (Å²) in [6.07, 6.45) is 4.37. The van der Waals surface area contributed by atoms with Gasteiger partial charge in [-0.2, -0.15) is 5.26 Å². The first-order chi connectivity index (χ1) is 15.6. The van der Waals surface area contributed by atoms with Crippen LogP contribution in [0.15, 0.2) is 48.1 Å². The second-order valence-electron chi connectivity index (χ2n) is 7.53. The van der Waals surface area contributed by atoms with Crippen LogP contribution in [0, 0.1) is 11.3 Å². The third-order valence-electron chi connectivity index (χ3n) is 5.45. The first-order valence-corrected chi connectivity index (χ1v) is 11.0. The Bertz CT molecular complexity index is 1340. The first-order valence-electron chi connectivity index (χ1n) is 10.2. The van der Waals surface area contributed by atoms with Crippen molar-refractivity contribution in [3.05, 3.63) is 53.7 Å². The van der Waals surface area contributed by atoms with E-state index < -0.39 is 6.09 Å². The molecule has 4 aromatic rings. The number of rotatable bonds is 4. The number of imidazole rings is 1. The normalized spacial score (nSPS) is 16.1. The van der Waals surface area contributed by atoms with Gasteiger partial charge in [-0.05, 0) is 31.0 Å². The number of fused-ring (bicyclic) bond motifs is 1.